The second-order valence-corrected chi connectivity index (χ2v) is 4.22. The van der Waals surface area contributed by atoms with Crippen LogP contribution in [0.25, 0.3) is 0 Å². The molecule has 0 saturated heterocycles. The molecule has 0 aliphatic heterocycles. The summed E-state index contributed by atoms with van der Waals surface area (Å²) < 4.78 is 18.7. The Hall–Kier alpha value is -0.450. The zero-order valence-electron chi connectivity index (χ0n) is 8.72. The molecule has 0 heterocycles. The van der Waals surface area contributed by atoms with Crippen molar-refractivity contribution >= 4 is 15.9 Å². The van der Waals surface area contributed by atoms with Crippen LogP contribution in [0, 0.1) is 5.82 Å². The molecular weight excluding hydrogens is 261 g/mol. The van der Waals surface area contributed by atoms with Gasteiger partial charge in [-0.2, -0.15) is 0 Å². The summed E-state index contributed by atoms with van der Waals surface area (Å²) in [5.41, 5.74) is 0.944. The van der Waals surface area contributed by atoms with Crippen molar-refractivity contribution < 1.29 is 9.13 Å². The molecule has 2 nitrogen and oxygen atoms in total. The first-order chi connectivity index (χ1) is 7.22. The third-order valence-electron chi connectivity index (χ3n) is 1.95. The average Bonchev–Trinajstić information content (AvgIpc) is 2.16. The first-order valence-electron chi connectivity index (χ1n) is 4.87. The van der Waals surface area contributed by atoms with Crippen LogP contribution in [0.5, 0.6) is 0 Å². The van der Waals surface area contributed by atoms with E-state index in [-0.39, 0.29) is 5.82 Å². The van der Waals surface area contributed by atoms with Crippen molar-refractivity contribution in [1.29, 1.82) is 0 Å². The number of nitrogens with one attached hydrogen (secondary N) is 1. The molecule has 0 bridgehead atoms. The van der Waals surface area contributed by atoms with E-state index in [9.17, 15) is 4.39 Å². The van der Waals surface area contributed by atoms with Crippen LogP contribution >= 0.6 is 15.9 Å². The molecule has 0 aromatic heterocycles. The lowest BCUT2D eigenvalue weighted by Crippen LogP contribution is -2.16. The van der Waals surface area contributed by atoms with Gasteiger partial charge in [-0.1, -0.05) is 15.9 Å². The molecule has 0 amide bonds. The van der Waals surface area contributed by atoms with Crippen LogP contribution in [0.15, 0.2) is 22.7 Å². The van der Waals surface area contributed by atoms with Crippen molar-refractivity contribution in [3.63, 3.8) is 0 Å². The molecule has 0 saturated carbocycles. The molecule has 0 aliphatic carbocycles. The molecule has 84 valence electrons. The van der Waals surface area contributed by atoms with Gasteiger partial charge in [0.2, 0.25) is 0 Å². The van der Waals surface area contributed by atoms with E-state index in [0.717, 1.165) is 29.6 Å². The quantitative estimate of drug-likeness (QED) is 0.807. The summed E-state index contributed by atoms with van der Waals surface area (Å²) >= 11 is 3.26. The summed E-state index contributed by atoms with van der Waals surface area (Å²) in [5, 5.41) is 3.22. The van der Waals surface area contributed by atoms with Gasteiger partial charge in [0, 0.05) is 24.7 Å². The lowest BCUT2D eigenvalue weighted by molar-refractivity contribution is 0.194. The summed E-state index contributed by atoms with van der Waals surface area (Å²) in [7, 11) is 1.68. The SMILES string of the molecule is COCCCNCc1cc(F)cc(Br)c1. The Kier molecular flexibility index (Phi) is 5.83. The summed E-state index contributed by atoms with van der Waals surface area (Å²) in [4.78, 5) is 0. The van der Waals surface area contributed by atoms with Crippen molar-refractivity contribution in [3.8, 4) is 0 Å². The molecular formula is C11H15BrFNO. The summed E-state index contributed by atoms with van der Waals surface area (Å²) in [6.45, 7) is 2.31. The molecule has 1 aromatic carbocycles. The van der Waals surface area contributed by atoms with E-state index in [0.29, 0.717) is 6.54 Å². The summed E-state index contributed by atoms with van der Waals surface area (Å²) in [6.07, 6.45) is 0.965. The molecule has 1 N–H and O–H groups in total. The Balaban J connectivity index is 2.31. The minimum Gasteiger partial charge on any atom is -0.385 e. The number of halogens is 2. The number of rotatable bonds is 6. The number of hydrogen-bond acceptors (Lipinski definition) is 2. The predicted molar refractivity (Wildman–Crippen MR) is 62.3 cm³/mol. The van der Waals surface area contributed by atoms with E-state index in [4.69, 9.17) is 4.74 Å². The van der Waals surface area contributed by atoms with Crippen LogP contribution in [-0.4, -0.2) is 20.3 Å². The van der Waals surface area contributed by atoms with Gasteiger partial charge in [-0.3, -0.25) is 0 Å². The van der Waals surface area contributed by atoms with E-state index >= 15 is 0 Å². The van der Waals surface area contributed by atoms with Crippen molar-refractivity contribution in [3.05, 3.63) is 34.1 Å². The lowest BCUT2D eigenvalue weighted by atomic mass is 10.2. The monoisotopic (exact) mass is 275 g/mol. The zero-order chi connectivity index (χ0) is 11.1. The van der Waals surface area contributed by atoms with E-state index < -0.39 is 0 Å². The second-order valence-electron chi connectivity index (χ2n) is 3.30. The van der Waals surface area contributed by atoms with E-state index in [1.807, 2.05) is 6.07 Å². The zero-order valence-corrected chi connectivity index (χ0v) is 10.3. The fourth-order valence-corrected chi connectivity index (χ4v) is 1.80. The highest BCUT2D eigenvalue weighted by atomic mass is 79.9. The largest absolute Gasteiger partial charge is 0.385 e. The van der Waals surface area contributed by atoms with Crippen molar-refractivity contribution in [1.82, 2.24) is 5.32 Å². The first kappa shape index (κ1) is 12.6. The molecule has 4 heteroatoms. The predicted octanol–water partition coefficient (Wildman–Crippen LogP) is 2.71. The first-order valence-corrected chi connectivity index (χ1v) is 5.66. The third-order valence-corrected chi connectivity index (χ3v) is 2.41. The Bertz CT molecular complexity index is 286. The van der Waals surface area contributed by atoms with Gasteiger partial charge in [-0.25, -0.2) is 4.39 Å². The number of methoxy groups -OCH3 is 1. The molecule has 0 aliphatic rings. The number of benzene rings is 1. The van der Waals surface area contributed by atoms with Gasteiger partial charge in [-0.05, 0) is 36.7 Å². The number of hydrogen-bond donors (Lipinski definition) is 1. The van der Waals surface area contributed by atoms with E-state index in [2.05, 4.69) is 21.2 Å². The minimum absolute atomic E-state index is 0.210. The maximum Gasteiger partial charge on any atom is 0.124 e. The van der Waals surface area contributed by atoms with Crippen LogP contribution in [0.3, 0.4) is 0 Å². The van der Waals surface area contributed by atoms with Crippen molar-refractivity contribution in [2.24, 2.45) is 0 Å². The van der Waals surface area contributed by atoms with Crippen LogP contribution < -0.4 is 5.32 Å². The van der Waals surface area contributed by atoms with E-state index in [1.165, 1.54) is 12.1 Å². The second kappa shape index (κ2) is 6.93. The maximum atomic E-state index is 13.0. The summed E-state index contributed by atoms with van der Waals surface area (Å²) in [5.74, 6) is -0.210. The topological polar surface area (TPSA) is 21.3 Å². The van der Waals surface area contributed by atoms with Crippen LogP contribution in [-0.2, 0) is 11.3 Å². The standard InChI is InChI=1S/C11H15BrFNO/c1-15-4-2-3-14-8-9-5-10(12)7-11(13)6-9/h5-7,14H,2-4,8H2,1H3. The molecule has 0 radical (unpaired) electrons. The van der Waals surface area contributed by atoms with Gasteiger partial charge in [0.15, 0.2) is 0 Å². The third kappa shape index (κ3) is 5.25. The minimum atomic E-state index is -0.210. The van der Waals surface area contributed by atoms with Gasteiger partial charge in [0.05, 0.1) is 0 Å². The molecule has 15 heavy (non-hydrogen) atoms. The van der Waals surface area contributed by atoms with Crippen molar-refractivity contribution in [2.45, 2.75) is 13.0 Å². The molecule has 1 aromatic rings. The molecule has 0 fully saturated rings. The Morgan fingerprint density at radius 3 is 2.87 bits per heavy atom. The summed E-state index contributed by atoms with van der Waals surface area (Å²) in [6, 6.07) is 4.90. The van der Waals surface area contributed by atoms with Gasteiger partial charge in [-0.15, -0.1) is 0 Å². The van der Waals surface area contributed by atoms with Crippen molar-refractivity contribution in [2.75, 3.05) is 20.3 Å². The smallest absolute Gasteiger partial charge is 0.124 e. The number of ether oxygens (including phenoxy) is 1. The Morgan fingerprint density at radius 1 is 1.40 bits per heavy atom. The lowest BCUT2D eigenvalue weighted by Gasteiger charge is -2.05. The molecule has 0 spiro atoms. The highest BCUT2D eigenvalue weighted by molar-refractivity contribution is 9.10. The molecule has 1 rings (SSSR count). The maximum absolute atomic E-state index is 13.0. The highest BCUT2D eigenvalue weighted by Crippen LogP contribution is 2.14. The van der Waals surface area contributed by atoms with Crippen LogP contribution in [0.2, 0.25) is 0 Å². The fourth-order valence-electron chi connectivity index (χ4n) is 1.29. The highest BCUT2D eigenvalue weighted by Gasteiger charge is 1.98. The Labute approximate surface area is 98.0 Å². The Morgan fingerprint density at radius 2 is 2.20 bits per heavy atom. The van der Waals surface area contributed by atoms with Crippen LogP contribution in [0.4, 0.5) is 4.39 Å². The van der Waals surface area contributed by atoms with Gasteiger partial charge < -0.3 is 10.1 Å². The fraction of sp³-hybridized carbons (Fsp3) is 0.455. The van der Waals surface area contributed by atoms with Gasteiger partial charge in [0.1, 0.15) is 5.82 Å². The van der Waals surface area contributed by atoms with E-state index in [1.54, 1.807) is 7.11 Å². The van der Waals surface area contributed by atoms with Gasteiger partial charge in [0.25, 0.3) is 0 Å². The normalized spacial score (nSPS) is 10.6. The average molecular weight is 276 g/mol. The van der Waals surface area contributed by atoms with Gasteiger partial charge >= 0.3 is 0 Å². The van der Waals surface area contributed by atoms with Crippen LogP contribution in [0.1, 0.15) is 12.0 Å². The molecule has 0 unspecified atom stereocenters. The molecule has 0 atom stereocenters.